The molecule has 3 nitrogen and oxygen atoms in total. The van der Waals surface area contributed by atoms with E-state index in [1.165, 1.54) is 18.1 Å². The van der Waals surface area contributed by atoms with Gasteiger partial charge in [-0.05, 0) is 36.4 Å². The van der Waals surface area contributed by atoms with Crippen LogP contribution in [0.4, 0.5) is 0 Å². The molecule has 0 N–H and O–H groups in total. The van der Waals surface area contributed by atoms with E-state index in [2.05, 4.69) is 39.6 Å². The minimum atomic E-state index is -1.92. The highest BCUT2D eigenvalue weighted by atomic mass is 28.4. The number of hydrogen-bond donors (Lipinski definition) is 0. The van der Waals surface area contributed by atoms with Crippen molar-refractivity contribution in [1.82, 2.24) is 0 Å². The Morgan fingerprint density at radius 3 is 2.27 bits per heavy atom. The van der Waals surface area contributed by atoms with Crippen molar-refractivity contribution < 1.29 is 14.0 Å². The first kappa shape index (κ1) is 19.3. The van der Waals surface area contributed by atoms with E-state index in [0.717, 1.165) is 29.8 Å². The molecular weight excluding hydrogens is 308 g/mol. The van der Waals surface area contributed by atoms with Crippen molar-refractivity contribution in [2.45, 2.75) is 70.9 Å². The lowest BCUT2D eigenvalue weighted by Crippen LogP contribution is -2.30. The van der Waals surface area contributed by atoms with Crippen LogP contribution in [0, 0.1) is 0 Å². The number of allylic oxidation sites excluding steroid dienone is 1. The van der Waals surface area contributed by atoms with Gasteiger partial charge in [0.1, 0.15) is 12.6 Å². The molecule has 1 aliphatic rings. The van der Waals surface area contributed by atoms with Crippen LogP contribution in [0.15, 0.2) is 22.5 Å². The summed E-state index contributed by atoms with van der Waals surface area (Å²) in [5.41, 5.74) is 3.21. The molecular formula is C17H30O3Si2. The van der Waals surface area contributed by atoms with Crippen molar-refractivity contribution in [1.29, 1.82) is 0 Å². The molecule has 0 aromatic rings. The molecule has 0 aromatic heterocycles. The first-order chi connectivity index (χ1) is 10.4. The Kier molecular flexibility index (Phi) is 7.16. The maximum Gasteiger partial charge on any atom is 0.214 e. The van der Waals surface area contributed by atoms with Gasteiger partial charge in [0.15, 0.2) is 0 Å². The number of hydrogen-bond acceptors (Lipinski definition) is 3. The summed E-state index contributed by atoms with van der Waals surface area (Å²) in [6, 6.07) is 3.54. The van der Waals surface area contributed by atoms with Gasteiger partial charge in [-0.1, -0.05) is 44.6 Å². The van der Waals surface area contributed by atoms with Crippen LogP contribution in [0.5, 0.6) is 0 Å². The second kappa shape index (κ2) is 8.17. The molecule has 22 heavy (non-hydrogen) atoms. The molecule has 1 atom stereocenters. The van der Waals surface area contributed by atoms with Gasteiger partial charge in [0.25, 0.3) is 0 Å². The van der Waals surface area contributed by atoms with Crippen molar-refractivity contribution in [2.24, 2.45) is 0 Å². The molecule has 1 saturated heterocycles. The molecule has 5 heteroatoms. The van der Waals surface area contributed by atoms with E-state index < -0.39 is 16.4 Å². The molecule has 0 radical (unpaired) electrons. The molecule has 0 amide bonds. The maximum atomic E-state index is 11.5. The standard InChI is InChI=1S/C17H30O3Si2/c1-6-22(7-2,8-3)14-15(13-19)11-16-12-17(9-10-18)21(4,5)20-16/h9-10,13-14,16H,6-8,11-12H2,1-5H3/b15-14-,17-9+. The van der Waals surface area contributed by atoms with Gasteiger partial charge < -0.3 is 4.43 Å². The summed E-state index contributed by atoms with van der Waals surface area (Å²) in [6.45, 7) is 11.0. The summed E-state index contributed by atoms with van der Waals surface area (Å²) in [6.07, 6.45) is 5.08. The first-order valence-corrected chi connectivity index (χ1v) is 14.0. The van der Waals surface area contributed by atoms with Crippen LogP contribution in [0.3, 0.4) is 0 Å². The summed E-state index contributed by atoms with van der Waals surface area (Å²) >= 11 is 0. The molecule has 1 unspecified atom stereocenters. The van der Waals surface area contributed by atoms with Crippen LogP contribution < -0.4 is 0 Å². The number of carbonyl (C=O) groups is 2. The van der Waals surface area contributed by atoms with Crippen molar-refractivity contribution in [2.75, 3.05) is 0 Å². The zero-order valence-electron chi connectivity index (χ0n) is 14.6. The fourth-order valence-electron chi connectivity index (χ4n) is 3.34. The van der Waals surface area contributed by atoms with E-state index in [-0.39, 0.29) is 6.10 Å². The Morgan fingerprint density at radius 2 is 1.82 bits per heavy atom. The third-order valence-electron chi connectivity index (χ3n) is 5.17. The van der Waals surface area contributed by atoms with Gasteiger partial charge in [-0.3, -0.25) is 9.59 Å². The minimum absolute atomic E-state index is 0.0570. The molecule has 0 aliphatic carbocycles. The van der Waals surface area contributed by atoms with Crippen LogP contribution in [0.25, 0.3) is 0 Å². The Morgan fingerprint density at radius 1 is 1.23 bits per heavy atom. The first-order valence-electron chi connectivity index (χ1n) is 8.35. The Bertz CT molecular complexity index is 454. The van der Waals surface area contributed by atoms with Crippen LogP contribution in [-0.2, 0) is 14.0 Å². The summed E-state index contributed by atoms with van der Waals surface area (Å²) in [4.78, 5) is 22.3. The highest BCUT2D eigenvalue weighted by molar-refractivity contribution is 6.84. The molecule has 0 spiro atoms. The van der Waals surface area contributed by atoms with Crippen LogP contribution in [0.1, 0.15) is 33.6 Å². The van der Waals surface area contributed by atoms with E-state index in [1.807, 2.05) is 0 Å². The summed E-state index contributed by atoms with van der Waals surface area (Å²) < 4.78 is 6.19. The number of carbonyl (C=O) groups excluding carboxylic acids is 2. The molecule has 124 valence electrons. The van der Waals surface area contributed by atoms with Crippen LogP contribution >= 0.6 is 0 Å². The van der Waals surface area contributed by atoms with Gasteiger partial charge in [-0.2, -0.15) is 0 Å². The fourth-order valence-corrected chi connectivity index (χ4v) is 8.77. The van der Waals surface area contributed by atoms with Crippen LogP contribution in [-0.4, -0.2) is 35.1 Å². The highest BCUT2D eigenvalue weighted by Crippen LogP contribution is 2.34. The van der Waals surface area contributed by atoms with E-state index >= 15 is 0 Å². The lowest BCUT2D eigenvalue weighted by molar-refractivity contribution is -0.105. The molecule has 1 aliphatic heterocycles. The molecule has 0 bridgehead atoms. The van der Waals surface area contributed by atoms with Gasteiger partial charge in [-0.15, -0.1) is 0 Å². The smallest absolute Gasteiger partial charge is 0.214 e. The Labute approximate surface area is 137 Å². The predicted octanol–water partition coefficient (Wildman–Crippen LogP) is 4.21. The lowest BCUT2D eigenvalue weighted by atomic mass is 10.1. The average Bonchev–Trinajstić information content (AvgIpc) is 2.78. The SMILES string of the molecule is CC[Si](/C=C(\C=O)CC1C/C(=C\C=O)[Si](C)(C)O1)(CC)CC. The third-order valence-corrected chi connectivity index (χ3v) is 13.2. The van der Waals surface area contributed by atoms with E-state index in [0.29, 0.717) is 6.42 Å². The molecule has 0 saturated carbocycles. The number of aldehydes is 2. The molecule has 0 aromatic carbocycles. The minimum Gasteiger partial charge on any atom is -0.410 e. The van der Waals surface area contributed by atoms with E-state index in [9.17, 15) is 9.59 Å². The van der Waals surface area contributed by atoms with Gasteiger partial charge in [0.2, 0.25) is 8.32 Å². The molecule has 1 heterocycles. The maximum absolute atomic E-state index is 11.5. The highest BCUT2D eigenvalue weighted by Gasteiger charge is 2.39. The fraction of sp³-hybridized carbons (Fsp3) is 0.647. The number of rotatable bonds is 8. The lowest BCUT2D eigenvalue weighted by Gasteiger charge is -2.25. The van der Waals surface area contributed by atoms with Crippen molar-refractivity contribution in [3.05, 3.63) is 22.5 Å². The quantitative estimate of drug-likeness (QED) is 0.378. The summed E-state index contributed by atoms with van der Waals surface area (Å²) in [5, 5.41) is 1.16. The van der Waals surface area contributed by atoms with Crippen molar-refractivity contribution in [3.63, 3.8) is 0 Å². The normalized spacial score (nSPS) is 23.8. The summed E-state index contributed by atoms with van der Waals surface area (Å²) in [7, 11) is -3.37. The van der Waals surface area contributed by atoms with Gasteiger partial charge in [0.05, 0.1) is 14.2 Å². The Balaban J connectivity index is 2.90. The van der Waals surface area contributed by atoms with Gasteiger partial charge >= 0.3 is 0 Å². The van der Waals surface area contributed by atoms with Gasteiger partial charge in [0, 0.05) is 6.42 Å². The molecule has 1 rings (SSSR count). The predicted molar refractivity (Wildman–Crippen MR) is 97.1 cm³/mol. The second-order valence-corrected chi connectivity index (χ2v) is 15.8. The monoisotopic (exact) mass is 338 g/mol. The third kappa shape index (κ3) is 4.60. The topological polar surface area (TPSA) is 43.4 Å². The Hall–Kier alpha value is -0.786. The molecule has 1 fully saturated rings. The van der Waals surface area contributed by atoms with E-state index in [4.69, 9.17) is 4.43 Å². The second-order valence-electron chi connectivity index (χ2n) is 6.75. The van der Waals surface area contributed by atoms with E-state index in [1.54, 1.807) is 6.08 Å². The largest absolute Gasteiger partial charge is 0.410 e. The zero-order valence-corrected chi connectivity index (χ0v) is 16.6. The zero-order chi connectivity index (χ0) is 16.8. The van der Waals surface area contributed by atoms with Crippen molar-refractivity contribution in [3.8, 4) is 0 Å². The summed E-state index contributed by atoms with van der Waals surface area (Å²) in [5.74, 6) is 0. The average molecular weight is 339 g/mol. The van der Waals surface area contributed by atoms with Crippen molar-refractivity contribution >= 4 is 29.0 Å². The van der Waals surface area contributed by atoms with Crippen LogP contribution in [0.2, 0.25) is 31.2 Å². The van der Waals surface area contributed by atoms with Gasteiger partial charge in [-0.25, -0.2) is 0 Å².